The van der Waals surface area contributed by atoms with Gasteiger partial charge in [-0.15, -0.1) is 0 Å². The number of carbonyl (C=O) groups is 1. The van der Waals surface area contributed by atoms with E-state index in [1.807, 2.05) is 0 Å². The van der Waals surface area contributed by atoms with Crippen molar-refractivity contribution in [3.05, 3.63) is 60.2 Å². The minimum atomic E-state index is -3.63. The molecule has 0 heterocycles. The van der Waals surface area contributed by atoms with E-state index in [1.165, 1.54) is 23.6 Å². The molecule has 2 aromatic carbocycles. The third-order valence-electron chi connectivity index (χ3n) is 6.09. The fourth-order valence-electron chi connectivity index (χ4n) is 4.66. The van der Waals surface area contributed by atoms with Gasteiger partial charge < -0.3 is 5.32 Å². The summed E-state index contributed by atoms with van der Waals surface area (Å²) in [5.41, 5.74) is 1.13. The van der Waals surface area contributed by atoms with Crippen molar-refractivity contribution >= 4 is 21.6 Å². The van der Waals surface area contributed by atoms with Crippen LogP contribution < -0.4 is 9.62 Å². The molecule has 1 amide bonds. The van der Waals surface area contributed by atoms with E-state index in [4.69, 9.17) is 0 Å². The number of amides is 1. The summed E-state index contributed by atoms with van der Waals surface area (Å²) in [6.07, 6.45) is 4.85. The number of carbonyl (C=O) groups excluding carboxylic acids is 1. The van der Waals surface area contributed by atoms with Gasteiger partial charge in [0.15, 0.2) is 0 Å². The lowest BCUT2D eigenvalue weighted by Gasteiger charge is -2.24. The van der Waals surface area contributed by atoms with Crippen LogP contribution in [-0.2, 0) is 10.0 Å². The Labute approximate surface area is 166 Å². The first-order chi connectivity index (χ1) is 13.5. The normalized spacial score (nSPS) is 23.5. The molecule has 6 heteroatoms. The summed E-state index contributed by atoms with van der Waals surface area (Å²) >= 11 is 0. The van der Waals surface area contributed by atoms with Gasteiger partial charge in [-0.3, -0.25) is 9.10 Å². The predicted molar refractivity (Wildman–Crippen MR) is 110 cm³/mol. The summed E-state index contributed by atoms with van der Waals surface area (Å²) in [5, 5.41) is 3.17. The Morgan fingerprint density at radius 1 is 1.04 bits per heavy atom. The number of sulfonamides is 1. The molecule has 0 aromatic heterocycles. The van der Waals surface area contributed by atoms with E-state index < -0.39 is 10.0 Å². The second-order valence-electron chi connectivity index (χ2n) is 7.78. The average molecular weight is 399 g/mol. The Balaban J connectivity index is 1.49. The van der Waals surface area contributed by atoms with Crippen LogP contribution in [0.2, 0.25) is 0 Å². The summed E-state index contributed by atoms with van der Waals surface area (Å²) < 4.78 is 27.2. The Bertz CT molecular complexity index is 942. The molecule has 4 rings (SSSR count). The number of benzene rings is 2. The summed E-state index contributed by atoms with van der Waals surface area (Å²) in [4.78, 5) is 12.9. The van der Waals surface area contributed by atoms with Crippen molar-refractivity contribution in [3.63, 3.8) is 0 Å². The molecule has 5 nitrogen and oxygen atoms in total. The van der Waals surface area contributed by atoms with Crippen molar-refractivity contribution in [2.24, 2.45) is 11.8 Å². The highest BCUT2D eigenvalue weighted by Gasteiger charge is 2.40. The quantitative estimate of drug-likeness (QED) is 0.804. The molecule has 28 heavy (non-hydrogen) atoms. The van der Waals surface area contributed by atoms with Crippen LogP contribution in [-0.4, -0.2) is 26.9 Å². The zero-order chi connectivity index (χ0) is 19.7. The van der Waals surface area contributed by atoms with Crippen LogP contribution >= 0.6 is 0 Å². The van der Waals surface area contributed by atoms with E-state index >= 15 is 0 Å². The minimum absolute atomic E-state index is 0.0712. The van der Waals surface area contributed by atoms with Gasteiger partial charge in [0.1, 0.15) is 0 Å². The molecule has 0 radical (unpaired) electrons. The largest absolute Gasteiger partial charge is 0.349 e. The van der Waals surface area contributed by atoms with E-state index in [2.05, 4.69) is 5.32 Å². The van der Waals surface area contributed by atoms with Gasteiger partial charge >= 0.3 is 0 Å². The third kappa shape index (κ3) is 3.53. The maximum Gasteiger partial charge on any atom is 0.264 e. The van der Waals surface area contributed by atoms with E-state index in [-0.39, 0.29) is 16.8 Å². The van der Waals surface area contributed by atoms with Gasteiger partial charge in [0.05, 0.1) is 10.6 Å². The molecule has 2 fully saturated rings. The number of nitrogens with zero attached hydrogens (tertiary/aromatic N) is 1. The molecule has 2 saturated carbocycles. The van der Waals surface area contributed by atoms with Crippen molar-refractivity contribution in [1.82, 2.24) is 5.32 Å². The number of hydrogen-bond donors (Lipinski definition) is 1. The van der Waals surface area contributed by atoms with Gasteiger partial charge in [-0.05, 0) is 74.4 Å². The summed E-state index contributed by atoms with van der Waals surface area (Å²) in [6.45, 7) is 2.12. The zero-order valence-electron chi connectivity index (χ0n) is 16.0. The number of nitrogens with one attached hydrogen (secondary N) is 1. The van der Waals surface area contributed by atoms with E-state index in [0.717, 1.165) is 12.3 Å². The van der Waals surface area contributed by atoms with Gasteiger partial charge in [0.2, 0.25) is 0 Å². The first-order valence-electron chi connectivity index (χ1n) is 9.97. The molecule has 2 aliphatic carbocycles. The van der Waals surface area contributed by atoms with Gasteiger partial charge in [-0.1, -0.05) is 24.6 Å². The van der Waals surface area contributed by atoms with E-state index in [9.17, 15) is 13.2 Å². The highest BCUT2D eigenvalue weighted by atomic mass is 32.2. The van der Waals surface area contributed by atoms with Crippen LogP contribution in [0, 0.1) is 11.8 Å². The molecule has 1 N–H and O–H groups in total. The Kier molecular flexibility index (Phi) is 5.15. The fraction of sp³-hybridized carbons (Fsp3) is 0.409. The Morgan fingerprint density at radius 2 is 1.75 bits per heavy atom. The lowest BCUT2D eigenvalue weighted by Crippen LogP contribution is -2.38. The van der Waals surface area contributed by atoms with Crippen LogP contribution in [0.1, 0.15) is 43.0 Å². The van der Waals surface area contributed by atoms with Crippen molar-refractivity contribution in [1.29, 1.82) is 0 Å². The summed E-state index contributed by atoms with van der Waals surface area (Å²) in [6, 6.07) is 15.5. The van der Waals surface area contributed by atoms with Gasteiger partial charge in [-0.2, -0.15) is 0 Å². The molecular formula is C22H26N2O3S. The lowest BCUT2D eigenvalue weighted by molar-refractivity contribution is 0.0923. The van der Waals surface area contributed by atoms with Crippen LogP contribution in [0.3, 0.4) is 0 Å². The maximum absolute atomic E-state index is 12.9. The molecule has 3 atom stereocenters. The molecule has 148 valence electrons. The minimum Gasteiger partial charge on any atom is -0.349 e. The number of rotatable bonds is 6. The molecule has 0 spiro atoms. The van der Waals surface area contributed by atoms with Crippen LogP contribution in [0.5, 0.6) is 0 Å². The average Bonchev–Trinajstić information content (AvgIpc) is 3.33. The first kappa shape index (κ1) is 19.0. The SMILES string of the molecule is CCN(c1ccc(C(=O)N[C@@H]2CC3CCC2C3)cc1)S(=O)(=O)c1ccccc1. The van der Waals surface area contributed by atoms with Crippen LogP contribution in [0.25, 0.3) is 0 Å². The van der Waals surface area contributed by atoms with E-state index in [1.54, 1.807) is 61.5 Å². The molecule has 2 bridgehead atoms. The van der Waals surface area contributed by atoms with Gasteiger partial charge in [0.25, 0.3) is 15.9 Å². The molecule has 2 aromatic rings. The summed E-state index contributed by atoms with van der Waals surface area (Å²) in [5.74, 6) is 1.33. The van der Waals surface area contributed by atoms with Gasteiger partial charge in [-0.25, -0.2) is 8.42 Å². The molecule has 0 aliphatic heterocycles. The number of hydrogen-bond acceptors (Lipinski definition) is 3. The Hall–Kier alpha value is -2.34. The van der Waals surface area contributed by atoms with E-state index in [0.29, 0.717) is 23.7 Å². The van der Waals surface area contributed by atoms with Crippen molar-refractivity contribution in [2.45, 2.75) is 43.5 Å². The van der Waals surface area contributed by atoms with Crippen molar-refractivity contribution in [2.75, 3.05) is 10.8 Å². The highest BCUT2D eigenvalue weighted by Crippen LogP contribution is 2.44. The smallest absolute Gasteiger partial charge is 0.264 e. The first-order valence-corrected chi connectivity index (χ1v) is 11.4. The van der Waals surface area contributed by atoms with Crippen molar-refractivity contribution in [3.8, 4) is 0 Å². The topological polar surface area (TPSA) is 66.5 Å². The fourth-order valence-corrected chi connectivity index (χ4v) is 6.16. The highest BCUT2D eigenvalue weighted by molar-refractivity contribution is 7.92. The predicted octanol–water partition coefficient (Wildman–Crippen LogP) is 3.82. The molecule has 0 saturated heterocycles. The molecule has 2 aliphatic rings. The second-order valence-corrected chi connectivity index (χ2v) is 9.65. The van der Waals surface area contributed by atoms with Crippen LogP contribution in [0.4, 0.5) is 5.69 Å². The molecule has 2 unspecified atom stereocenters. The second kappa shape index (κ2) is 7.59. The number of fused-ring (bicyclic) bond motifs is 2. The van der Waals surface area contributed by atoms with Crippen molar-refractivity contribution < 1.29 is 13.2 Å². The van der Waals surface area contributed by atoms with Gasteiger partial charge in [0, 0.05) is 18.2 Å². The maximum atomic E-state index is 12.9. The number of anilines is 1. The zero-order valence-corrected chi connectivity index (χ0v) is 16.9. The molecular weight excluding hydrogens is 372 g/mol. The van der Waals surface area contributed by atoms with Crippen LogP contribution in [0.15, 0.2) is 59.5 Å². The Morgan fingerprint density at radius 3 is 2.32 bits per heavy atom. The monoisotopic (exact) mass is 398 g/mol. The third-order valence-corrected chi connectivity index (χ3v) is 8.01. The standard InChI is InChI=1S/C22H26N2O3S/c1-2-24(28(26,27)20-6-4-3-5-7-20)19-12-10-17(11-13-19)22(25)23-21-15-16-8-9-18(21)14-16/h3-7,10-13,16,18,21H,2,8-9,14-15H2,1H3,(H,23,25)/t16?,18?,21-/m1/s1. The summed E-state index contributed by atoms with van der Waals surface area (Å²) in [7, 11) is -3.63. The lowest BCUT2D eigenvalue weighted by atomic mass is 9.95.